The molecule has 0 saturated heterocycles. The minimum absolute atomic E-state index is 0.438. The number of aromatic amines is 1. The summed E-state index contributed by atoms with van der Waals surface area (Å²) in [6.45, 7) is 0. The summed E-state index contributed by atoms with van der Waals surface area (Å²) in [6, 6.07) is 7.57. The van der Waals surface area contributed by atoms with Crippen LogP contribution in [0.3, 0.4) is 0 Å². The molecule has 0 amide bonds. The highest BCUT2D eigenvalue weighted by Gasteiger charge is 2.00. The number of nitrogens with zero attached hydrogens (tertiary/aromatic N) is 2. The Kier molecular flexibility index (Phi) is 2.12. The molecule has 0 fully saturated rings. The lowest BCUT2D eigenvalue weighted by atomic mass is 10.2. The zero-order chi connectivity index (χ0) is 11.1. The van der Waals surface area contributed by atoms with Gasteiger partial charge in [-0.15, -0.1) is 0 Å². The molecule has 3 aromatic rings. The van der Waals surface area contributed by atoms with Crippen molar-refractivity contribution in [2.75, 3.05) is 0 Å². The minimum atomic E-state index is 0.438. The molecule has 0 aliphatic rings. The Morgan fingerprint density at radius 1 is 1.19 bits per heavy atom. The van der Waals surface area contributed by atoms with Gasteiger partial charge in [-0.3, -0.25) is 0 Å². The van der Waals surface area contributed by atoms with Gasteiger partial charge < -0.3 is 4.98 Å². The fraction of sp³-hybridized carbons (Fsp3) is 0. The number of H-pyrrole nitrogens is 1. The van der Waals surface area contributed by atoms with Crippen LogP contribution in [0, 0.1) is 4.77 Å². The lowest BCUT2D eigenvalue weighted by Crippen LogP contribution is -1.88. The molecule has 3 rings (SSSR count). The smallest absolute Gasteiger partial charge is 0.198 e. The van der Waals surface area contributed by atoms with Crippen LogP contribution in [0.2, 0.25) is 5.02 Å². The first-order valence-corrected chi connectivity index (χ1v) is 5.46. The van der Waals surface area contributed by atoms with Crippen LogP contribution in [0.1, 0.15) is 0 Å². The van der Waals surface area contributed by atoms with E-state index in [1.165, 1.54) is 0 Å². The van der Waals surface area contributed by atoms with Crippen LogP contribution in [0.25, 0.3) is 21.9 Å². The fourth-order valence-corrected chi connectivity index (χ4v) is 1.95. The van der Waals surface area contributed by atoms with E-state index in [2.05, 4.69) is 15.0 Å². The highest BCUT2D eigenvalue weighted by molar-refractivity contribution is 7.71. The number of pyridine rings is 1. The van der Waals surface area contributed by atoms with Crippen LogP contribution in [-0.2, 0) is 0 Å². The summed E-state index contributed by atoms with van der Waals surface area (Å²) in [4.78, 5) is 11.4. The van der Waals surface area contributed by atoms with Gasteiger partial charge in [0, 0.05) is 22.0 Å². The average molecular weight is 248 g/mol. The van der Waals surface area contributed by atoms with Crippen LogP contribution < -0.4 is 0 Å². The van der Waals surface area contributed by atoms with Crippen molar-refractivity contribution in [3.63, 3.8) is 0 Å². The van der Waals surface area contributed by atoms with Crippen LogP contribution >= 0.6 is 23.8 Å². The van der Waals surface area contributed by atoms with E-state index >= 15 is 0 Å². The predicted octanol–water partition coefficient (Wildman–Crippen LogP) is 3.49. The number of hydrogen-bond acceptors (Lipinski definition) is 3. The molecule has 16 heavy (non-hydrogen) atoms. The SMILES string of the molecule is S=c1ncc2cc3cc(Cl)ccc3nc2[nH]1. The summed E-state index contributed by atoms with van der Waals surface area (Å²) >= 11 is 10.9. The fourth-order valence-electron chi connectivity index (χ4n) is 1.62. The van der Waals surface area contributed by atoms with E-state index in [0.29, 0.717) is 9.79 Å². The molecule has 5 heteroatoms. The lowest BCUT2D eigenvalue weighted by molar-refractivity contribution is 1.16. The lowest BCUT2D eigenvalue weighted by Gasteiger charge is -2.01. The highest BCUT2D eigenvalue weighted by Crippen LogP contribution is 2.21. The van der Waals surface area contributed by atoms with Crippen molar-refractivity contribution < 1.29 is 0 Å². The van der Waals surface area contributed by atoms with E-state index in [-0.39, 0.29) is 0 Å². The van der Waals surface area contributed by atoms with Crippen molar-refractivity contribution in [3.8, 4) is 0 Å². The third-order valence-corrected chi connectivity index (χ3v) is 2.80. The molecular weight excluding hydrogens is 242 g/mol. The number of benzene rings is 1. The summed E-state index contributed by atoms with van der Waals surface area (Å²) in [5.74, 6) is 0. The molecule has 1 aromatic carbocycles. The van der Waals surface area contributed by atoms with Gasteiger partial charge in [-0.25, -0.2) is 9.97 Å². The van der Waals surface area contributed by atoms with Crippen molar-refractivity contribution >= 4 is 45.8 Å². The van der Waals surface area contributed by atoms with Gasteiger partial charge >= 0.3 is 0 Å². The first-order valence-electron chi connectivity index (χ1n) is 4.68. The molecule has 0 spiro atoms. The second kappa shape index (κ2) is 3.50. The van der Waals surface area contributed by atoms with E-state index in [1.807, 2.05) is 24.3 Å². The number of aromatic nitrogens is 3. The number of fused-ring (bicyclic) bond motifs is 2. The van der Waals surface area contributed by atoms with Gasteiger partial charge in [0.15, 0.2) is 4.77 Å². The number of halogens is 1. The van der Waals surface area contributed by atoms with Crippen molar-refractivity contribution in [2.45, 2.75) is 0 Å². The van der Waals surface area contributed by atoms with Crippen molar-refractivity contribution in [1.82, 2.24) is 15.0 Å². The normalized spacial score (nSPS) is 11.1. The molecule has 0 bridgehead atoms. The van der Waals surface area contributed by atoms with Gasteiger partial charge in [-0.2, -0.15) is 0 Å². The van der Waals surface area contributed by atoms with Crippen LogP contribution in [-0.4, -0.2) is 15.0 Å². The monoisotopic (exact) mass is 247 g/mol. The van der Waals surface area contributed by atoms with E-state index in [9.17, 15) is 0 Å². The van der Waals surface area contributed by atoms with E-state index in [4.69, 9.17) is 23.8 Å². The topological polar surface area (TPSA) is 41.6 Å². The number of nitrogens with one attached hydrogen (secondary N) is 1. The molecule has 0 saturated carbocycles. The zero-order valence-corrected chi connectivity index (χ0v) is 9.64. The highest BCUT2D eigenvalue weighted by atomic mass is 35.5. The van der Waals surface area contributed by atoms with Crippen LogP contribution in [0.15, 0.2) is 30.5 Å². The van der Waals surface area contributed by atoms with Gasteiger partial charge in [-0.1, -0.05) is 11.6 Å². The first-order chi connectivity index (χ1) is 7.72. The molecule has 0 radical (unpaired) electrons. The van der Waals surface area contributed by atoms with E-state index in [1.54, 1.807) is 6.20 Å². The van der Waals surface area contributed by atoms with Crippen LogP contribution in [0.4, 0.5) is 0 Å². The first kappa shape index (κ1) is 9.69. The second-order valence-electron chi connectivity index (χ2n) is 3.45. The third-order valence-electron chi connectivity index (χ3n) is 2.35. The van der Waals surface area contributed by atoms with Crippen molar-refractivity contribution in [3.05, 3.63) is 40.3 Å². The molecule has 0 unspecified atom stereocenters. The Morgan fingerprint density at radius 3 is 2.94 bits per heavy atom. The summed E-state index contributed by atoms with van der Waals surface area (Å²) in [7, 11) is 0. The standard InChI is InChI=1S/C11H6ClN3S/c12-8-1-2-9-6(4-8)3-7-5-13-11(16)15-10(7)14-9/h1-5H,(H,13,14,15,16). The molecule has 0 aliphatic carbocycles. The summed E-state index contributed by atoms with van der Waals surface area (Å²) < 4.78 is 0.438. The predicted molar refractivity (Wildman–Crippen MR) is 67.2 cm³/mol. The molecule has 1 N–H and O–H groups in total. The summed E-state index contributed by atoms with van der Waals surface area (Å²) in [5, 5.41) is 2.61. The molecule has 0 aliphatic heterocycles. The zero-order valence-electron chi connectivity index (χ0n) is 8.07. The molecule has 3 nitrogen and oxygen atoms in total. The maximum atomic E-state index is 5.93. The Hall–Kier alpha value is -1.52. The molecule has 0 atom stereocenters. The maximum Gasteiger partial charge on any atom is 0.198 e. The minimum Gasteiger partial charge on any atom is -0.315 e. The van der Waals surface area contributed by atoms with Gasteiger partial charge in [-0.05, 0) is 36.5 Å². The average Bonchev–Trinajstić information content (AvgIpc) is 2.26. The van der Waals surface area contributed by atoms with Gasteiger partial charge in [0.2, 0.25) is 0 Å². The Balaban J connectivity index is 2.48. The van der Waals surface area contributed by atoms with Crippen LogP contribution in [0.5, 0.6) is 0 Å². The summed E-state index contributed by atoms with van der Waals surface area (Å²) in [5.41, 5.74) is 1.63. The van der Waals surface area contributed by atoms with Gasteiger partial charge in [0.25, 0.3) is 0 Å². The van der Waals surface area contributed by atoms with Gasteiger partial charge in [0.05, 0.1) is 5.52 Å². The molecule has 78 valence electrons. The summed E-state index contributed by atoms with van der Waals surface area (Å²) in [6.07, 6.45) is 1.71. The van der Waals surface area contributed by atoms with Gasteiger partial charge in [0.1, 0.15) is 5.65 Å². The second-order valence-corrected chi connectivity index (χ2v) is 4.27. The molecular formula is C11H6ClN3S. The van der Waals surface area contributed by atoms with E-state index < -0.39 is 0 Å². The molecule has 2 aromatic heterocycles. The Bertz CT molecular complexity index is 751. The Labute approximate surface area is 101 Å². The number of hydrogen-bond donors (Lipinski definition) is 1. The molecule has 2 heterocycles. The van der Waals surface area contributed by atoms with E-state index in [0.717, 1.165) is 21.9 Å². The van der Waals surface area contributed by atoms with Crippen molar-refractivity contribution in [1.29, 1.82) is 0 Å². The third kappa shape index (κ3) is 1.56. The number of rotatable bonds is 0. The Morgan fingerprint density at radius 2 is 2.06 bits per heavy atom. The largest absolute Gasteiger partial charge is 0.315 e. The van der Waals surface area contributed by atoms with Crippen molar-refractivity contribution in [2.24, 2.45) is 0 Å². The maximum absolute atomic E-state index is 5.93. The quantitative estimate of drug-likeness (QED) is 0.488.